The Kier molecular flexibility index (Phi) is 9.94. The molecule has 0 saturated carbocycles. The van der Waals surface area contributed by atoms with E-state index in [9.17, 15) is 0 Å². The summed E-state index contributed by atoms with van der Waals surface area (Å²) in [6, 6.07) is 0. The van der Waals surface area contributed by atoms with Gasteiger partial charge in [-0.2, -0.15) is 0 Å². The summed E-state index contributed by atoms with van der Waals surface area (Å²) in [5, 5.41) is 0. The van der Waals surface area contributed by atoms with Crippen LogP contribution in [0.15, 0.2) is 0 Å². The molecule has 1 heterocycles. The third-order valence-electron chi connectivity index (χ3n) is 6.14. The van der Waals surface area contributed by atoms with Crippen molar-refractivity contribution in [3.63, 3.8) is 0 Å². The topological polar surface area (TPSA) is 3.24 Å². The summed E-state index contributed by atoms with van der Waals surface area (Å²) in [6.45, 7) is 15.9. The van der Waals surface area contributed by atoms with E-state index in [4.69, 9.17) is 0 Å². The Morgan fingerprint density at radius 1 is 0.667 bits per heavy atom. The van der Waals surface area contributed by atoms with Crippen LogP contribution in [0.3, 0.4) is 0 Å². The van der Waals surface area contributed by atoms with E-state index in [0.29, 0.717) is 11.1 Å². The van der Waals surface area contributed by atoms with Crippen molar-refractivity contribution in [3.05, 3.63) is 0 Å². The summed E-state index contributed by atoms with van der Waals surface area (Å²) in [5.41, 5.74) is 0.749. The van der Waals surface area contributed by atoms with E-state index >= 15 is 0 Å². The van der Waals surface area contributed by atoms with Crippen molar-refractivity contribution >= 4 is 0 Å². The van der Waals surface area contributed by atoms with Crippen LogP contribution in [-0.4, -0.2) is 22.5 Å². The third-order valence-corrected chi connectivity index (χ3v) is 6.14. The molecule has 1 fully saturated rings. The van der Waals surface area contributed by atoms with Gasteiger partial charge in [0, 0.05) is 11.1 Å². The van der Waals surface area contributed by atoms with E-state index in [1.54, 1.807) is 0 Å². The zero-order valence-electron chi connectivity index (χ0n) is 17.9. The first-order chi connectivity index (χ1) is 11.3. The zero-order chi connectivity index (χ0) is 18.1. The van der Waals surface area contributed by atoms with E-state index in [1.807, 2.05) is 0 Å². The molecule has 0 spiro atoms. The molecule has 0 bridgehead atoms. The Hall–Kier alpha value is -0.0400. The fraction of sp³-hybridized carbons (Fsp3) is 1.00. The number of piperidine rings is 1. The normalized spacial score (nSPS) is 21.2. The molecule has 0 amide bonds. The quantitative estimate of drug-likeness (QED) is 0.332. The zero-order valence-corrected chi connectivity index (χ0v) is 17.9. The highest BCUT2D eigenvalue weighted by atomic mass is 15.3. The maximum absolute atomic E-state index is 2.81. The highest BCUT2D eigenvalue weighted by molar-refractivity contribution is 4.98. The third kappa shape index (κ3) is 7.89. The summed E-state index contributed by atoms with van der Waals surface area (Å²) in [6.07, 6.45) is 18.5. The van der Waals surface area contributed by atoms with Gasteiger partial charge in [0.25, 0.3) is 0 Å². The number of nitrogens with zero attached hydrogens (tertiary/aromatic N) is 1. The van der Waals surface area contributed by atoms with Crippen LogP contribution in [0.1, 0.15) is 125 Å². The summed E-state index contributed by atoms with van der Waals surface area (Å²) in [7, 11) is 0. The second kappa shape index (κ2) is 10.8. The highest BCUT2D eigenvalue weighted by Crippen LogP contribution is 2.41. The second-order valence-corrected chi connectivity index (χ2v) is 9.83. The van der Waals surface area contributed by atoms with Crippen LogP contribution in [0, 0.1) is 5.92 Å². The molecule has 0 aromatic heterocycles. The molecule has 1 aliphatic heterocycles. The summed E-state index contributed by atoms with van der Waals surface area (Å²) in [5.74, 6) is 0.864. The van der Waals surface area contributed by atoms with Gasteiger partial charge in [-0.3, -0.25) is 4.90 Å². The van der Waals surface area contributed by atoms with Crippen molar-refractivity contribution < 1.29 is 0 Å². The minimum atomic E-state index is 0.375. The van der Waals surface area contributed by atoms with Gasteiger partial charge in [0.15, 0.2) is 0 Å². The first-order valence-corrected chi connectivity index (χ1v) is 11.1. The molecule has 0 aromatic carbocycles. The van der Waals surface area contributed by atoms with Crippen LogP contribution in [0.2, 0.25) is 0 Å². The van der Waals surface area contributed by atoms with Crippen LogP contribution in [0.25, 0.3) is 0 Å². The van der Waals surface area contributed by atoms with E-state index in [2.05, 4.69) is 46.4 Å². The molecule has 1 saturated heterocycles. The molecular formula is C23H47N. The Morgan fingerprint density at radius 2 is 1.04 bits per heavy atom. The summed E-state index contributed by atoms with van der Waals surface area (Å²) < 4.78 is 0. The molecule has 24 heavy (non-hydrogen) atoms. The smallest absolute Gasteiger partial charge is 0.0161 e. The standard InChI is InChI=1S/C23H47N/c1-7-8-9-10-11-12-13-14-15-16-17-18-24-22(3,4)19-21(2)20-23(24,5)6/h21H,7-20H2,1-6H3. The van der Waals surface area contributed by atoms with Gasteiger partial charge in [0.1, 0.15) is 0 Å². The van der Waals surface area contributed by atoms with Crippen LogP contribution in [0.5, 0.6) is 0 Å². The fourth-order valence-corrected chi connectivity index (χ4v) is 5.36. The van der Waals surface area contributed by atoms with Crippen LogP contribution < -0.4 is 0 Å². The van der Waals surface area contributed by atoms with Crippen LogP contribution >= 0.6 is 0 Å². The van der Waals surface area contributed by atoms with Crippen molar-refractivity contribution in [2.75, 3.05) is 6.54 Å². The number of hydrogen-bond donors (Lipinski definition) is 0. The number of rotatable bonds is 12. The van der Waals surface area contributed by atoms with Gasteiger partial charge < -0.3 is 0 Å². The Bertz CT molecular complexity index is 300. The van der Waals surface area contributed by atoms with Gasteiger partial charge >= 0.3 is 0 Å². The van der Waals surface area contributed by atoms with Gasteiger partial charge in [-0.05, 0) is 59.4 Å². The predicted octanol–water partition coefficient (Wildman–Crippen LogP) is 7.59. The number of likely N-dealkylation sites (tertiary alicyclic amines) is 1. The van der Waals surface area contributed by atoms with Crippen molar-refractivity contribution in [2.24, 2.45) is 5.92 Å². The maximum atomic E-state index is 2.81. The van der Waals surface area contributed by atoms with Gasteiger partial charge in [-0.1, -0.05) is 78.1 Å². The number of hydrogen-bond acceptors (Lipinski definition) is 1. The van der Waals surface area contributed by atoms with Gasteiger partial charge in [0.2, 0.25) is 0 Å². The molecule has 0 N–H and O–H groups in total. The lowest BCUT2D eigenvalue weighted by atomic mass is 9.74. The van der Waals surface area contributed by atoms with Crippen LogP contribution in [0.4, 0.5) is 0 Å². The molecule has 1 aliphatic rings. The van der Waals surface area contributed by atoms with Crippen molar-refractivity contribution in [3.8, 4) is 0 Å². The summed E-state index contributed by atoms with van der Waals surface area (Å²) in [4.78, 5) is 2.81. The van der Waals surface area contributed by atoms with Gasteiger partial charge in [-0.25, -0.2) is 0 Å². The molecule has 1 rings (SSSR count). The second-order valence-electron chi connectivity index (χ2n) is 9.83. The van der Waals surface area contributed by atoms with Crippen molar-refractivity contribution in [1.82, 2.24) is 4.90 Å². The minimum Gasteiger partial charge on any atom is -0.293 e. The predicted molar refractivity (Wildman–Crippen MR) is 110 cm³/mol. The maximum Gasteiger partial charge on any atom is 0.0161 e. The van der Waals surface area contributed by atoms with E-state index in [-0.39, 0.29) is 0 Å². The SMILES string of the molecule is CCCCCCCCCCCCCN1C(C)(C)CC(C)CC1(C)C. The number of unbranched alkanes of at least 4 members (excludes halogenated alkanes) is 10. The van der Waals surface area contributed by atoms with Crippen molar-refractivity contribution in [1.29, 1.82) is 0 Å². The summed E-state index contributed by atoms with van der Waals surface area (Å²) >= 11 is 0. The average Bonchev–Trinajstić information content (AvgIpc) is 2.45. The Morgan fingerprint density at radius 3 is 1.46 bits per heavy atom. The minimum absolute atomic E-state index is 0.375. The van der Waals surface area contributed by atoms with Gasteiger partial charge in [-0.15, -0.1) is 0 Å². The lowest BCUT2D eigenvalue weighted by molar-refractivity contribution is -0.0484. The highest BCUT2D eigenvalue weighted by Gasteiger charge is 2.43. The lowest BCUT2D eigenvalue weighted by Gasteiger charge is -2.55. The molecule has 0 aromatic rings. The van der Waals surface area contributed by atoms with E-state index in [1.165, 1.54) is 90.0 Å². The van der Waals surface area contributed by atoms with Gasteiger partial charge in [0.05, 0.1) is 0 Å². The van der Waals surface area contributed by atoms with E-state index in [0.717, 1.165) is 5.92 Å². The molecule has 0 aliphatic carbocycles. The molecular weight excluding hydrogens is 290 g/mol. The fourth-order valence-electron chi connectivity index (χ4n) is 5.36. The molecule has 0 radical (unpaired) electrons. The first kappa shape index (κ1) is 22.0. The molecule has 1 nitrogen and oxygen atoms in total. The van der Waals surface area contributed by atoms with Crippen LogP contribution in [-0.2, 0) is 0 Å². The molecule has 0 atom stereocenters. The Labute approximate surface area is 154 Å². The molecule has 0 unspecified atom stereocenters. The largest absolute Gasteiger partial charge is 0.293 e. The van der Waals surface area contributed by atoms with Crippen molar-refractivity contribution in [2.45, 2.75) is 136 Å². The molecule has 1 heteroatoms. The Balaban J connectivity index is 2.10. The monoisotopic (exact) mass is 337 g/mol. The first-order valence-electron chi connectivity index (χ1n) is 11.1. The molecule has 144 valence electrons. The average molecular weight is 338 g/mol. The van der Waals surface area contributed by atoms with E-state index < -0.39 is 0 Å². The lowest BCUT2D eigenvalue weighted by Crippen LogP contribution is -2.60.